The Hall–Kier alpha value is -5.27. The Balaban J connectivity index is 1.57. The van der Waals surface area contributed by atoms with Gasteiger partial charge in [-0.05, 0) is 71.0 Å². The van der Waals surface area contributed by atoms with Gasteiger partial charge in [0.1, 0.15) is 11.8 Å². The fraction of sp³-hybridized carbons (Fsp3) is 0.152. The van der Waals surface area contributed by atoms with E-state index in [0.29, 0.717) is 34.4 Å². The predicted molar refractivity (Wildman–Crippen MR) is 156 cm³/mol. The van der Waals surface area contributed by atoms with Crippen LogP contribution in [0.1, 0.15) is 49.3 Å². The average molecular weight is 583 g/mol. The highest BCUT2D eigenvalue weighted by Crippen LogP contribution is 2.37. The third-order valence-corrected chi connectivity index (χ3v) is 7.31. The van der Waals surface area contributed by atoms with Crippen molar-refractivity contribution in [1.29, 1.82) is 5.26 Å². The number of carbonyl (C=O) groups is 1. The van der Waals surface area contributed by atoms with E-state index in [1.807, 2.05) is 50.2 Å². The standard InChI is InChI=1S/C33H25F3N4O3/c1-19-22(10-11-23-14-30(43-3)25(18-42)13-29(23)33(34,35)36)6-4-7-26(19)27-8-5-9-28(20(27)2)31-38-32-24(15-37)12-21(17-41)16-40(32)39-31/h4-14,16,18,41H,17H2,1-3H3/b11-10+. The van der Waals surface area contributed by atoms with Gasteiger partial charge in [0.2, 0.25) is 0 Å². The summed E-state index contributed by atoms with van der Waals surface area (Å²) in [5, 5.41) is 23.7. The van der Waals surface area contributed by atoms with Gasteiger partial charge >= 0.3 is 6.18 Å². The monoisotopic (exact) mass is 582 g/mol. The van der Waals surface area contributed by atoms with Crippen LogP contribution in [-0.4, -0.2) is 33.1 Å². The number of hydrogen-bond donors (Lipinski definition) is 1. The molecule has 0 amide bonds. The highest BCUT2D eigenvalue weighted by Gasteiger charge is 2.34. The molecular weight excluding hydrogens is 557 g/mol. The van der Waals surface area contributed by atoms with Crippen molar-refractivity contribution in [1.82, 2.24) is 14.6 Å². The van der Waals surface area contributed by atoms with Crippen LogP contribution in [0.25, 0.3) is 40.3 Å². The van der Waals surface area contributed by atoms with E-state index in [0.717, 1.165) is 33.9 Å². The fourth-order valence-electron chi connectivity index (χ4n) is 5.06. The zero-order chi connectivity index (χ0) is 30.9. The number of alkyl halides is 3. The van der Waals surface area contributed by atoms with E-state index in [1.54, 1.807) is 18.3 Å². The summed E-state index contributed by atoms with van der Waals surface area (Å²) in [6.07, 6.45) is 0.260. The van der Waals surface area contributed by atoms with Gasteiger partial charge in [0.15, 0.2) is 17.8 Å². The number of aliphatic hydroxyl groups is 1. The lowest BCUT2D eigenvalue weighted by atomic mass is 9.91. The number of carbonyl (C=O) groups excluding carboxylic acids is 1. The molecule has 1 N–H and O–H groups in total. The molecule has 0 aliphatic carbocycles. The van der Waals surface area contributed by atoms with Gasteiger partial charge < -0.3 is 9.84 Å². The number of rotatable bonds is 7. The molecule has 0 atom stereocenters. The molecular formula is C33H25F3N4O3. The largest absolute Gasteiger partial charge is 0.496 e. The lowest BCUT2D eigenvalue weighted by Gasteiger charge is -2.15. The Labute approximate surface area is 245 Å². The molecule has 0 saturated carbocycles. The van der Waals surface area contributed by atoms with Crippen LogP contribution in [0.4, 0.5) is 13.2 Å². The Kier molecular flexibility index (Phi) is 7.85. The van der Waals surface area contributed by atoms with Crippen LogP contribution in [0.2, 0.25) is 0 Å². The summed E-state index contributed by atoms with van der Waals surface area (Å²) in [5.74, 6) is 0.461. The molecule has 2 aromatic heterocycles. The van der Waals surface area contributed by atoms with Gasteiger partial charge in [0.05, 0.1) is 30.4 Å². The number of aldehydes is 1. The number of hydrogen-bond acceptors (Lipinski definition) is 6. The number of nitriles is 1. The van der Waals surface area contributed by atoms with Crippen LogP contribution < -0.4 is 4.74 Å². The molecule has 3 aromatic carbocycles. The first-order chi connectivity index (χ1) is 20.6. The second-order valence-corrected chi connectivity index (χ2v) is 9.86. The van der Waals surface area contributed by atoms with E-state index in [4.69, 9.17) is 4.74 Å². The van der Waals surface area contributed by atoms with Gasteiger partial charge in [-0.2, -0.15) is 18.4 Å². The topological polar surface area (TPSA) is 101 Å². The van der Waals surface area contributed by atoms with E-state index in [2.05, 4.69) is 16.2 Å². The van der Waals surface area contributed by atoms with E-state index >= 15 is 0 Å². The minimum atomic E-state index is -4.67. The molecule has 0 saturated heterocycles. The van der Waals surface area contributed by atoms with E-state index < -0.39 is 11.7 Å². The lowest BCUT2D eigenvalue weighted by molar-refractivity contribution is -0.137. The highest BCUT2D eigenvalue weighted by molar-refractivity contribution is 5.85. The maximum absolute atomic E-state index is 13.8. The Morgan fingerprint density at radius 2 is 1.65 bits per heavy atom. The number of pyridine rings is 1. The molecule has 7 nitrogen and oxygen atoms in total. The van der Waals surface area contributed by atoms with Gasteiger partial charge in [0.25, 0.3) is 0 Å². The predicted octanol–water partition coefficient (Wildman–Crippen LogP) is 7.05. The van der Waals surface area contributed by atoms with Crippen molar-refractivity contribution in [3.8, 4) is 34.3 Å². The molecule has 0 aliphatic heterocycles. The van der Waals surface area contributed by atoms with Crippen molar-refractivity contribution in [3.05, 3.63) is 105 Å². The van der Waals surface area contributed by atoms with Crippen molar-refractivity contribution in [3.63, 3.8) is 0 Å². The second-order valence-electron chi connectivity index (χ2n) is 9.86. The molecule has 2 heterocycles. The van der Waals surface area contributed by atoms with E-state index in [9.17, 15) is 28.3 Å². The number of halogens is 3. The van der Waals surface area contributed by atoms with E-state index in [1.165, 1.54) is 23.8 Å². The Morgan fingerprint density at radius 3 is 2.30 bits per heavy atom. The quantitative estimate of drug-likeness (QED) is 0.163. The smallest absolute Gasteiger partial charge is 0.417 e. The highest BCUT2D eigenvalue weighted by atomic mass is 19.4. The van der Waals surface area contributed by atoms with Crippen molar-refractivity contribution >= 4 is 24.1 Å². The van der Waals surface area contributed by atoms with Gasteiger partial charge in [0, 0.05) is 11.8 Å². The SMILES string of the molecule is COc1cc(/C=C/c2cccc(-c3cccc(-c4nc5c(C#N)cc(CO)cn5n4)c3C)c2C)c(C(F)(F)F)cc1C=O. The van der Waals surface area contributed by atoms with Crippen LogP contribution in [0.5, 0.6) is 5.75 Å². The maximum Gasteiger partial charge on any atom is 0.417 e. The fourth-order valence-corrected chi connectivity index (χ4v) is 5.06. The van der Waals surface area contributed by atoms with Crippen LogP contribution >= 0.6 is 0 Å². The normalized spacial score (nSPS) is 11.7. The molecule has 5 rings (SSSR count). The third kappa shape index (κ3) is 5.50. The summed E-state index contributed by atoms with van der Waals surface area (Å²) in [5.41, 5.74) is 4.87. The number of nitrogens with zero attached hydrogens (tertiary/aromatic N) is 4. The average Bonchev–Trinajstić information content (AvgIpc) is 3.43. The number of aromatic nitrogens is 3. The Morgan fingerprint density at radius 1 is 0.977 bits per heavy atom. The van der Waals surface area contributed by atoms with Gasteiger partial charge in [-0.1, -0.05) is 48.6 Å². The minimum Gasteiger partial charge on any atom is -0.496 e. The van der Waals surface area contributed by atoms with Crippen molar-refractivity contribution in [2.75, 3.05) is 7.11 Å². The summed E-state index contributed by atoms with van der Waals surface area (Å²) < 4.78 is 48.1. The zero-order valence-corrected chi connectivity index (χ0v) is 23.4. The molecule has 0 spiro atoms. The van der Waals surface area contributed by atoms with Crippen LogP contribution in [0, 0.1) is 25.2 Å². The first-order valence-electron chi connectivity index (χ1n) is 13.1. The molecule has 0 fully saturated rings. The lowest BCUT2D eigenvalue weighted by Crippen LogP contribution is -2.09. The van der Waals surface area contributed by atoms with Crippen molar-refractivity contribution < 1.29 is 27.8 Å². The summed E-state index contributed by atoms with van der Waals surface area (Å²) in [7, 11) is 1.30. The Bertz CT molecular complexity index is 1950. The van der Waals surface area contributed by atoms with Gasteiger partial charge in [-0.3, -0.25) is 4.79 Å². The number of methoxy groups -OCH3 is 1. The van der Waals surface area contributed by atoms with Crippen molar-refractivity contribution in [2.24, 2.45) is 0 Å². The third-order valence-electron chi connectivity index (χ3n) is 7.31. The molecule has 0 bridgehead atoms. The van der Waals surface area contributed by atoms with Crippen molar-refractivity contribution in [2.45, 2.75) is 26.6 Å². The molecule has 10 heteroatoms. The number of ether oxygens (including phenoxy) is 1. The summed E-state index contributed by atoms with van der Waals surface area (Å²) in [4.78, 5) is 15.9. The summed E-state index contributed by atoms with van der Waals surface area (Å²) in [6, 6.07) is 16.9. The van der Waals surface area contributed by atoms with Gasteiger partial charge in [-0.25, -0.2) is 9.50 Å². The maximum atomic E-state index is 13.8. The molecule has 0 unspecified atom stereocenters. The second kappa shape index (κ2) is 11.5. The van der Waals surface area contributed by atoms with Crippen LogP contribution in [-0.2, 0) is 12.8 Å². The molecule has 0 aliphatic rings. The molecule has 0 radical (unpaired) electrons. The first kappa shape index (κ1) is 29.2. The molecule has 5 aromatic rings. The number of fused-ring (bicyclic) bond motifs is 1. The summed E-state index contributed by atoms with van der Waals surface area (Å²) >= 11 is 0. The molecule has 43 heavy (non-hydrogen) atoms. The van der Waals surface area contributed by atoms with Crippen LogP contribution in [0.15, 0.2) is 60.8 Å². The zero-order valence-electron chi connectivity index (χ0n) is 23.4. The van der Waals surface area contributed by atoms with Gasteiger partial charge in [-0.15, -0.1) is 5.10 Å². The van der Waals surface area contributed by atoms with E-state index in [-0.39, 0.29) is 23.5 Å². The van der Waals surface area contributed by atoms with Crippen LogP contribution in [0.3, 0.4) is 0 Å². The number of benzene rings is 3. The first-order valence-corrected chi connectivity index (χ1v) is 13.1. The number of aliphatic hydroxyl groups excluding tert-OH is 1. The summed E-state index contributed by atoms with van der Waals surface area (Å²) in [6.45, 7) is 3.58. The molecule has 216 valence electrons. The minimum absolute atomic E-state index is 0.0515.